The van der Waals surface area contributed by atoms with Crippen LogP contribution in [0.4, 0.5) is 11.8 Å². The van der Waals surface area contributed by atoms with Gasteiger partial charge in [0.25, 0.3) is 0 Å². The second-order valence-corrected chi connectivity index (χ2v) is 11.5. The number of nitrogens with one attached hydrogen (secondary N) is 1. The molecule has 2 unspecified atom stereocenters. The van der Waals surface area contributed by atoms with Crippen LogP contribution < -0.4 is 10.2 Å². The summed E-state index contributed by atoms with van der Waals surface area (Å²) in [7, 11) is 0. The lowest BCUT2D eigenvalue weighted by atomic mass is 9.86. The maximum Gasteiger partial charge on any atom is 0.224 e. The van der Waals surface area contributed by atoms with Crippen LogP contribution in [0.15, 0.2) is 23.9 Å². The van der Waals surface area contributed by atoms with Crippen molar-refractivity contribution in [1.82, 2.24) is 14.9 Å². The minimum Gasteiger partial charge on any atom is -0.390 e. The molecule has 6 heteroatoms. The molecule has 4 rings (SSSR count). The van der Waals surface area contributed by atoms with E-state index in [1.54, 1.807) is 5.57 Å². The molecule has 34 heavy (non-hydrogen) atoms. The SMILES string of the molecule is CC(C)(O)CCCC1=CCC(CN2CCCC2CNc2nccc(N3CCCCCC3)n2)CC1. The van der Waals surface area contributed by atoms with Gasteiger partial charge in [-0.05, 0) is 96.6 Å². The smallest absolute Gasteiger partial charge is 0.224 e. The fourth-order valence-electron chi connectivity index (χ4n) is 5.90. The van der Waals surface area contributed by atoms with Gasteiger partial charge in [0, 0.05) is 38.4 Å². The molecular weight excluding hydrogens is 422 g/mol. The molecule has 1 aromatic heterocycles. The number of likely N-dealkylation sites (tertiary alicyclic amines) is 1. The van der Waals surface area contributed by atoms with Gasteiger partial charge in [-0.15, -0.1) is 0 Å². The van der Waals surface area contributed by atoms with Gasteiger partial charge >= 0.3 is 0 Å². The summed E-state index contributed by atoms with van der Waals surface area (Å²) in [5.74, 6) is 2.64. The number of rotatable bonds is 10. The zero-order valence-electron chi connectivity index (χ0n) is 21.6. The molecule has 1 aliphatic carbocycles. The van der Waals surface area contributed by atoms with Gasteiger partial charge < -0.3 is 15.3 Å². The molecule has 2 saturated heterocycles. The number of anilines is 2. The molecule has 0 amide bonds. The Kier molecular flexibility index (Phi) is 9.24. The first-order valence-corrected chi connectivity index (χ1v) is 13.9. The lowest BCUT2D eigenvalue weighted by Crippen LogP contribution is -2.38. The van der Waals surface area contributed by atoms with E-state index in [1.807, 2.05) is 20.0 Å². The maximum absolute atomic E-state index is 9.93. The number of hydrogen-bond acceptors (Lipinski definition) is 6. The van der Waals surface area contributed by atoms with Crippen LogP contribution in [-0.4, -0.2) is 64.3 Å². The predicted octanol–water partition coefficient (Wildman–Crippen LogP) is 5.40. The third-order valence-corrected chi connectivity index (χ3v) is 7.96. The van der Waals surface area contributed by atoms with Crippen LogP contribution in [0, 0.1) is 5.92 Å². The van der Waals surface area contributed by atoms with E-state index in [1.165, 1.54) is 70.9 Å². The number of aromatic nitrogens is 2. The van der Waals surface area contributed by atoms with E-state index in [4.69, 9.17) is 4.98 Å². The van der Waals surface area contributed by atoms with E-state index < -0.39 is 5.60 Å². The molecule has 0 saturated carbocycles. The van der Waals surface area contributed by atoms with E-state index in [9.17, 15) is 5.11 Å². The normalized spacial score (nSPS) is 24.7. The zero-order valence-corrected chi connectivity index (χ0v) is 21.6. The first-order chi connectivity index (χ1) is 16.5. The average Bonchev–Trinajstić information content (AvgIpc) is 3.07. The highest BCUT2D eigenvalue weighted by Crippen LogP contribution is 2.30. The molecule has 2 N–H and O–H groups in total. The van der Waals surface area contributed by atoms with Gasteiger partial charge in [0.15, 0.2) is 0 Å². The van der Waals surface area contributed by atoms with Crippen molar-refractivity contribution in [3.63, 3.8) is 0 Å². The van der Waals surface area contributed by atoms with E-state index in [-0.39, 0.29) is 0 Å². The molecule has 190 valence electrons. The lowest BCUT2D eigenvalue weighted by molar-refractivity contribution is 0.0688. The molecule has 0 aromatic carbocycles. The predicted molar refractivity (Wildman–Crippen MR) is 141 cm³/mol. The van der Waals surface area contributed by atoms with E-state index in [0.29, 0.717) is 6.04 Å². The summed E-state index contributed by atoms with van der Waals surface area (Å²) in [5.41, 5.74) is 1.08. The molecule has 3 heterocycles. The van der Waals surface area contributed by atoms with E-state index in [2.05, 4.69) is 32.2 Å². The summed E-state index contributed by atoms with van der Waals surface area (Å²) >= 11 is 0. The first-order valence-electron chi connectivity index (χ1n) is 13.9. The van der Waals surface area contributed by atoms with Crippen molar-refractivity contribution in [1.29, 1.82) is 0 Å². The molecule has 2 atom stereocenters. The molecule has 3 aliphatic rings. The largest absolute Gasteiger partial charge is 0.390 e. The third-order valence-electron chi connectivity index (χ3n) is 7.96. The van der Waals surface area contributed by atoms with Crippen molar-refractivity contribution in [2.45, 2.75) is 103 Å². The van der Waals surface area contributed by atoms with Crippen LogP contribution in [0.2, 0.25) is 0 Å². The summed E-state index contributed by atoms with van der Waals surface area (Å²) in [4.78, 5) is 14.5. The van der Waals surface area contributed by atoms with Crippen molar-refractivity contribution in [2.75, 3.05) is 42.9 Å². The van der Waals surface area contributed by atoms with Gasteiger partial charge in [-0.25, -0.2) is 4.98 Å². The van der Waals surface area contributed by atoms with Crippen molar-refractivity contribution >= 4 is 11.8 Å². The van der Waals surface area contributed by atoms with Crippen LogP contribution >= 0.6 is 0 Å². The summed E-state index contributed by atoms with van der Waals surface area (Å²) in [6.07, 6.45) is 19.1. The third kappa shape index (κ3) is 7.94. The second kappa shape index (κ2) is 12.3. The maximum atomic E-state index is 9.93. The Morgan fingerprint density at radius 1 is 1.09 bits per heavy atom. The van der Waals surface area contributed by atoms with Crippen molar-refractivity contribution in [2.24, 2.45) is 5.92 Å². The Balaban J connectivity index is 1.22. The van der Waals surface area contributed by atoms with Crippen molar-refractivity contribution in [3.05, 3.63) is 23.9 Å². The Morgan fingerprint density at radius 3 is 2.65 bits per heavy atom. The van der Waals surface area contributed by atoms with Gasteiger partial charge in [0.1, 0.15) is 5.82 Å². The monoisotopic (exact) mass is 469 g/mol. The highest BCUT2D eigenvalue weighted by Gasteiger charge is 2.27. The summed E-state index contributed by atoms with van der Waals surface area (Å²) < 4.78 is 0. The minimum absolute atomic E-state index is 0.532. The molecule has 0 bridgehead atoms. The van der Waals surface area contributed by atoms with Gasteiger partial charge in [-0.2, -0.15) is 4.98 Å². The topological polar surface area (TPSA) is 64.5 Å². The van der Waals surface area contributed by atoms with Crippen LogP contribution in [0.1, 0.15) is 90.9 Å². The zero-order chi connectivity index (χ0) is 23.8. The van der Waals surface area contributed by atoms with Crippen LogP contribution in [0.25, 0.3) is 0 Å². The highest BCUT2D eigenvalue weighted by atomic mass is 16.3. The van der Waals surface area contributed by atoms with Crippen LogP contribution in [0.5, 0.6) is 0 Å². The molecule has 2 aliphatic heterocycles. The summed E-state index contributed by atoms with van der Waals surface area (Å²) in [6, 6.07) is 2.65. The Labute approximate surface area is 207 Å². The minimum atomic E-state index is -0.532. The number of hydrogen-bond donors (Lipinski definition) is 2. The molecule has 2 fully saturated rings. The van der Waals surface area contributed by atoms with Gasteiger partial charge in [-0.1, -0.05) is 24.5 Å². The fraction of sp³-hybridized carbons (Fsp3) is 0.786. The second-order valence-electron chi connectivity index (χ2n) is 11.5. The standard InChI is InChI=1S/C28H47N5O/c1-28(2,34)16-7-9-23-11-13-24(14-12-23)22-33-20-8-10-25(33)21-30-27-29-17-15-26(31-27)32-18-5-3-4-6-19-32/h11,15,17,24-25,34H,3-10,12-14,16,18-22H2,1-2H3,(H,29,30,31). The average molecular weight is 470 g/mol. The highest BCUT2D eigenvalue weighted by molar-refractivity contribution is 5.42. The van der Waals surface area contributed by atoms with Gasteiger partial charge in [0.2, 0.25) is 5.95 Å². The van der Waals surface area contributed by atoms with Crippen LogP contribution in [-0.2, 0) is 0 Å². The summed E-state index contributed by atoms with van der Waals surface area (Å²) in [5, 5.41) is 13.5. The fourth-order valence-corrected chi connectivity index (χ4v) is 5.90. The first kappa shape index (κ1) is 25.4. The number of nitrogens with zero attached hydrogens (tertiary/aromatic N) is 4. The molecular formula is C28H47N5O. The molecule has 1 aromatic rings. The molecule has 0 radical (unpaired) electrons. The van der Waals surface area contributed by atoms with Crippen LogP contribution in [0.3, 0.4) is 0 Å². The van der Waals surface area contributed by atoms with Crippen molar-refractivity contribution < 1.29 is 5.11 Å². The quantitative estimate of drug-likeness (QED) is 0.447. The van der Waals surface area contributed by atoms with Gasteiger partial charge in [-0.3, -0.25) is 4.90 Å². The van der Waals surface area contributed by atoms with Gasteiger partial charge in [0.05, 0.1) is 5.60 Å². The van der Waals surface area contributed by atoms with E-state index >= 15 is 0 Å². The summed E-state index contributed by atoms with van der Waals surface area (Å²) in [6.45, 7) is 9.44. The van der Waals surface area contributed by atoms with Crippen molar-refractivity contribution in [3.8, 4) is 0 Å². The van der Waals surface area contributed by atoms with E-state index in [0.717, 1.165) is 56.6 Å². The Hall–Kier alpha value is -1.66. The number of allylic oxidation sites excluding steroid dienone is 2. The number of aliphatic hydroxyl groups is 1. The molecule has 0 spiro atoms. The Bertz CT molecular complexity index is 781. The lowest BCUT2D eigenvalue weighted by Gasteiger charge is -2.31. The Morgan fingerprint density at radius 2 is 1.91 bits per heavy atom. The molecule has 6 nitrogen and oxygen atoms in total.